The first-order chi connectivity index (χ1) is 9.13. The standard InChI is InChI=1S/C13H19NO4S/c15-9(6-19-7-10(16)17)14-11-8-2-5-18-12(8)13(11)3-1-4-13/h8,11-12H,1-7H2,(H,14,15)(H,16,17). The average molecular weight is 285 g/mol. The van der Waals surface area contributed by atoms with Gasteiger partial charge < -0.3 is 15.2 Å². The van der Waals surface area contributed by atoms with Crippen LogP contribution in [0.5, 0.6) is 0 Å². The molecule has 1 saturated heterocycles. The molecule has 19 heavy (non-hydrogen) atoms. The molecule has 0 radical (unpaired) electrons. The molecule has 0 aromatic rings. The van der Waals surface area contributed by atoms with E-state index in [0.717, 1.165) is 37.6 Å². The molecule has 3 rings (SSSR count). The molecular formula is C13H19NO4S. The van der Waals surface area contributed by atoms with Gasteiger partial charge >= 0.3 is 5.97 Å². The second-order valence-electron chi connectivity index (χ2n) is 5.76. The second-order valence-corrected chi connectivity index (χ2v) is 6.75. The number of fused-ring (bicyclic) bond motifs is 2. The number of carboxylic acids is 1. The molecule has 3 aliphatic rings. The summed E-state index contributed by atoms with van der Waals surface area (Å²) < 4.78 is 5.80. The molecule has 0 aromatic heterocycles. The molecule has 3 fully saturated rings. The number of ether oxygens (including phenoxy) is 1. The van der Waals surface area contributed by atoms with Gasteiger partial charge in [0.15, 0.2) is 0 Å². The minimum absolute atomic E-state index is 0.0155. The van der Waals surface area contributed by atoms with Gasteiger partial charge in [0, 0.05) is 24.0 Å². The Morgan fingerprint density at radius 2 is 2.16 bits per heavy atom. The lowest BCUT2D eigenvalue weighted by molar-refractivity contribution is -0.178. The van der Waals surface area contributed by atoms with E-state index in [-0.39, 0.29) is 28.9 Å². The summed E-state index contributed by atoms with van der Waals surface area (Å²) in [6, 6.07) is 0.256. The molecule has 1 heterocycles. The van der Waals surface area contributed by atoms with Crippen molar-refractivity contribution in [2.24, 2.45) is 11.3 Å². The highest BCUT2D eigenvalue weighted by atomic mass is 32.2. The lowest BCUT2D eigenvalue weighted by atomic mass is 9.46. The summed E-state index contributed by atoms with van der Waals surface area (Å²) in [5.74, 6) is -0.210. The van der Waals surface area contributed by atoms with E-state index >= 15 is 0 Å². The van der Waals surface area contributed by atoms with Crippen LogP contribution >= 0.6 is 11.8 Å². The molecule has 5 nitrogen and oxygen atoms in total. The third-order valence-corrected chi connectivity index (χ3v) is 5.73. The first kappa shape index (κ1) is 13.2. The summed E-state index contributed by atoms with van der Waals surface area (Å²) in [4.78, 5) is 22.3. The fourth-order valence-corrected chi connectivity index (χ4v) is 4.45. The van der Waals surface area contributed by atoms with Gasteiger partial charge in [-0.05, 0) is 19.3 Å². The van der Waals surface area contributed by atoms with E-state index in [2.05, 4.69) is 5.32 Å². The number of hydrogen-bond donors (Lipinski definition) is 2. The van der Waals surface area contributed by atoms with Crippen molar-refractivity contribution in [3.05, 3.63) is 0 Å². The summed E-state index contributed by atoms with van der Waals surface area (Å²) >= 11 is 1.15. The molecule has 1 spiro atoms. The van der Waals surface area contributed by atoms with Crippen molar-refractivity contribution in [1.82, 2.24) is 5.32 Å². The van der Waals surface area contributed by atoms with Crippen LogP contribution in [0, 0.1) is 11.3 Å². The molecule has 1 amide bonds. The summed E-state index contributed by atoms with van der Waals surface area (Å²) in [5.41, 5.74) is 0.203. The summed E-state index contributed by atoms with van der Waals surface area (Å²) in [6.45, 7) is 0.817. The van der Waals surface area contributed by atoms with Crippen LogP contribution in [0.2, 0.25) is 0 Å². The number of carboxylic acid groups (broad SMARTS) is 1. The Morgan fingerprint density at radius 1 is 1.37 bits per heavy atom. The highest BCUT2D eigenvalue weighted by molar-refractivity contribution is 8.00. The number of hydrogen-bond acceptors (Lipinski definition) is 4. The second kappa shape index (κ2) is 4.98. The summed E-state index contributed by atoms with van der Waals surface area (Å²) in [5, 5.41) is 11.7. The van der Waals surface area contributed by atoms with Crippen molar-refractivity contribution in [1.29, 1.82) is 0 Å². The molecule has 2 saturated carbocycles. The fraction of sp³-hybridized carbons (Fsp3) is 0.846. The van der Waals surface area contributed by atoms with Gasteiger partial charge in [-0.1, -0.05) is 6.42 Å². The zero-order valence-electron chi connectivity index (χ0n) is 10.8. The van der Waals surface area contributed by atoms with E-state index in [0.29, 0.717) is 12.0 Å². The minimum atomic E-state index is -0.874. The van der Waals surface area contributed by atoms with Gasteiger partial charge in [-0.3, -0.25) is 9.59 Å². The van der Waals surface area contributed by atoms with Crippen LogP contribution in [-0.4, -0.2) is 47.2 Å². The molecule has 2 N–H and O–H groups in total. The van der Waals surface area contributed by atoms with Gasteiger partial charge in [0.1, 0.15) is 0 Å². The molecule has 6 heteroatoms. The first-order valence-corrected chi connectivity index (χ1v) is 7.99. The lowest BCUT2D eigenvalue weighted by Crippen LogP contribution is -2.71. The summed E-state index contributed by atoms with van der Waals surface area (Å²) in [7, 11) is 0. The predicted octanol–water partition coefficient (Wildman–Crippen LogP) is 0.878. The van der Waals surface area contributed by atoms with Crippen LogP contribution in [0.4, 0.5) is 0 Å². The quantitative estimate of drug-likeness (QED) is 0.784. The van der Waals surface area contributed by atoms with Crippen LogP contribution in [0.25, 0.3) is 0 Å². The Labute approximate surface area is 116 Å². The molecule has 3 unspecified atom stereocenters. The van der Waals surface area contributed by atoms with Crippen molar-refractivity contribution in [3.63, 3.8) is 0 Å². The number of nitrogens with one attached hydrogen (secondary N) is 1. The number of carbonyl (C=O) groups is 2. The molecule has 0 aromatic carbocycles. The van der Waals surface area contributed by atoms with Crippen molar-refractivity contribution in [2.45, 2.75) is 37.8 Å². The normalized spacial score (nSPS) is 34.2. The van der Waals surface area contributed by atoms with Gasteiger partial charge in [0.2, 0.25) is 5.91 Å². The van der Waals surface area contributed by atoms with Crippen LogP contribution < -0.4 is 5.32 Å². The smallest absolute Gasteiger partial charge is 0.313 e. The predicted molar refractivity (Wildman–Crippen MR) is 71.0 cm³/mol. The number of amides is 1. The Bertz CT molecular complexity index is 396. The number of aliphatic carboxylic acids is 1. The topological polar surface area (TPSA) is 75.6 Å². The Kier molecular flexibility index (Phi) is 3.47. The van der Waals surface area contributed by atoms with Gasteiger partial charge in [-0.2, -0.15) is 0 Å². The Balaban J connectivity index is 1.51. The van der Waals surface area contributed by atoms with Crippen molar-refractivity contribution < 1.29 is 19.4 Å². The van der Waals surface area contributed by atoms with Crippen molar-refractivity contribution >= 4 is 23.6 Å². The molecule has 3 atom stereocenters. The third-order valence-electron chi connectivity index (χ3n) is 4.81. The average Bonchev–Trinajstić information content (AvgIpc) is 2.69. The lowest BCUT2D eigenvalue weighted by Gasteiger charge is -2.63. The monoisotopic (exact) mass is 285 g/mol. The fourth-order valence-electron chi connectivity index (χ4n) is 3.90. The number of rotatable bonds is 5. The largest absolute Gasteiger partial charge is 0.481 e. The maximum absolute atomic E-state index is 11.9. The third kappa shape index (κ3) is 2.14. The summed E-state index contributed by atoms with van der Waals surface area (Å²) in [6.07, 6.45) is 4.94. The maximum Gasteiger partial charge on any atom is 0.313 e. The number of thioether (sulfide) groups is 1. The van der Waals surface area contributed by atoms with Crippen LogP contribution in [0.1, 0.15) is 25.7 Å². The van der Waals surface area contributed by atoms with Gasteiger partial charge in [0.05, 0.1) is 17.6 Å². The molecule has 2 aliphatic carbocycles. The van der Waals surface area contributed by atoms with E-state index in [4.69, 9.17) is 9.84 Å². The minimum Gasteiger partial charge on any atom is -0.481 e. The van der Waals surface area contributed by atoms with Gasteiger partial charge in [-0.25, -0.2) is 0 Å². The zero-order chi connectivity index (χ0) is 13.5. The highest BCUT2D eigenvalue weighted by Gasteiger charge is 2.66. The molecule has 0 bridgehead atoms. The van der Waals surface area contributed by atoms with Crippen LogP contribution in [0.15, 0.2) is 0 Å². The zero-order valence-corrected chi connectivity index (χ0v) is 11.6. The molecule has 106 valence electrons. The van der Waals surface area contributed by atoms with E-state index in [1.165, 1.54) is 6.42 Å². The van der Waals surface area contributed by atoms with E-state index in [1.54, 1.807) is 0 Å². The van der Waals surface area contributed by atoms with Gasteiger partial charge in [0.25, 0.3) is 0 Å². The maximum atomic E-state index is 11.9. The van der Waals surface area contributed by atoms with E-state index < -0.39 is 5.97 Å². The van der Waals surface area contributed by atoms with Gasteiger partial charge in [-0.15, -0.1) is 11.8 Å². The molecule has 1 aliphatic heterocycles. The Morgan fingerprint density at radius 3 is 2.79 bits per heavy atom. The molecular weight excluding hydrogens is 266 g/mol. The first-order valence-electron chi connectivity index (χ1n) is 6.84. The number of carbonyl (C=O) groups excluding carboxylic acids is 1. The van der Waals surface area contributed by atoms with E-state index in [9.17, 15) is 9.59 Å². The van der Waals surface area contributed by atoms with E-state index in [1.807, 2.05) is 0 Å². The van der Waals surface area contributed by atoms with Crippen molar-refractivity contribution in [3.8, 4) is 0 Å². The van der Waals surface area contributed by atoms with Crippen LogP contribution in [0.3, 0.4) is 0 Å². The van der Waals surface area contributed by atoms with Crippen LogP contribution in [-0.2, 0) is 14.3 Å². The Hall–Kier alpha value is -0.750. The van der Waals surface area contributed by atoms with Crippen molar-refractivity contribution in [2.75, 3.05) is 18.1 Å². The highest BCUT2D eigenvalue weighted by Crippen LogP contribution is 2.62. The SMILES string of the molecule is O=C(O)CSCC(=O)NC1C2CCOC2C12CCC2.